The number of halogens is 2. The fourth-order valence-corrected chi connectivity index (χ4v) is 3.43. The Bertz CT molecular complexity index is 833. The molecule has 0 N–H and O–H groups in total. The lowest BCUT2D eigenvalue weighted by Crippen LogP contribution is -2.36. The van der Waals surface area contributed by atoms with Crippen LogP contribution in [-0.2, 0) is 22.5 Å². The highest BCUT2D eigenvalue weighted by molar-refractivity contribution is 6.30. The Morgan fingerprint density at radius 2 is 2.00 bits per heavy atom. The standard InChI is InChI=1S/C19H21Cl2N3O3/c1-2-27-19(26)18-15-12-23(17(25)4-3-10-20)11-9-16(15)24(22-18)14-7-5-13(21)6-8-14/h5-8H,2-4,9-12H2,1H3. The largest absolute Gasteiger partial charge is 0.461 e. The molecule has 1 aliphatic rings. The van der Waals surface area contributed by atoms with Crippen LogP contribution in [0.1, 0.15) is 41.5 Å². The summed E-state index contributed by atoms with van der Waals surface area (Å²) in [6.45, 7) is 2.94. The van der Waals surface area contributed by atoms with Crippen LogP contribution < -0.4 is 0 Å². The van der Waals surface area contributed by atoms with Gasteiger partial charge in [0.1, 0.15) is 0 Å². The molecule has 0 radical (unpaired) electrons. The number of carbonyl (C=O) groups is 2. The molecule has 0 saturated carbocycles. The van der Waals surface area contributed by atoms with E-state index in [0.29, 0.717) is 43.3 Å². The minimum Gasteiger partial charge on any atom is -0.461 e. The quantitative estimate of drug-likeness (QED) is 0.539. The van der Waals surface area contributed by atoms with E-state index >= 15 is 0 Å². The van der Waals surface area contributed by atoms with Gasteiger partial charge in [-0.25, -0.2) is 9.48 Å². The van der Waals surface area contributed by atoms with E-state index < -0.39 is 5.97 Å². The van der Waals surface area contributed by atoms with E-state index in [9.17, 15) is 9.59 Å². The summed E-state index contributed by atoms with van der Waals surface area (Å²) in [5.41, 5.74) is 2.74. The van der Waals surface area contributed by atoms with Crippen LogP contribution in [0, 0.1) is 0 Å². The summed E-state index contributed by atoms with van der Waals surface area (Å²) in [5, 5.41) is 5.13. The number of carbonyl (C=O) groups excluding carboxylic acids is 2. The van der Waals surface area contributed by atoms with Crippen LogP contribution in [0.2, 0.25) is 5.02 Å². The molecular formula is C19H21Cl2N3O3. The molecule has 3 rings (SSSR count). The van der Waals surface area contributed by atoms with Crippen molar-refractivity contribution in [2.45, 2.75) is 32.7 Å². The molecule has 1 aliphatic heterocycles. The van der Waals surface area contributed by atoms with E-state index in [2.05, 4.69) is 5.10 Å². The zero-order chi connectivity index (χ0) is 19.4. The lowest BCUT2D eigenvalue weighted by atomic mass is 10.0. The van der Waals surface area contributed by atoms with Gasteiger partial charge in [0.15, 0.2) is 5.69 Å². The Hall–Kier alpha value is -2.05. The predicted molar refractivity (Wildman–Crippen MR) is 104 cm³/mol. The summed E-state index contributed by atoms with van der Waals surface area (Å²) < 4.78 is 6.91. The van der Waals surface area contributed by atoms with E-state index in [1.807, 2.05) is 12.1 Å². The minimum atomic E-state index is -0.475. The third-order valence-corrected chi connectivity index (χ3v) is 4.99. The van der Waals surface area contributed by atoms with Gasteiger partial charge in [-0.1, -0.05) is 11.6 Å². The van der Waals surface area contributed by atoms with E-state index in [1.54, 1.807) is 28.6 Å². The summed E-state index contributed by atoms with van der Waals surface area (Å²) in [6.07, 6.45) is 1.65. The highest BCUT2D eigenvalue weighted by Gasteiger charge is 2.30. The second-order valence-electron chi connectivity index (χ2n) is 6.24. The second kappa shape index (κ2) is 8.76. The summed E-state index contributed by atoms with van der Waals surface area (Å²) in [4.78, 5) is 26.6. The number of rotatable bonds is 6. The third kappa shape index (κ3) is 4.28. The van der Waals surface area contributed by atoms with Crippen LogP contribution in [0.25, 0.3) is 5.69 Å². The van der Waals surface area contributed by atoms with Crippen LogP contribution in [0.5, 0.6) is 0 Å². The normalized spacial score (nSPS) is 13.4. The Labute approximate surface area is 168 Å². The molecule has 144 valence electrons. The van der Waals surface area contributed by atoms with Crippen LogP contribution in [0.4, 0.5) is 0 Å². The zero-order valence-electron chi connectivity index (χ0n) is 15.1. The van der Waals surface area contributed by atoms with E-state index in [-0.39, 0.29) is 18.2 Å². The summed E-state index contributed by atoms with van der Waals surface area (Å²) in [7, 11) is 0. The molecule has 2 heterocycles. The molecule has 6 nitrogen and oxygen atoms in total. The highest BCUT2D eigenvalue weighted by atomic mass is 35.5. The summed E-state index contributed by atoms with van der Waals surface area (Å²) in [6, 6.07) is 7.25. The minimum absolute atomic E-state index is 0.0374. The number of esters is 1. The van der Waals surface area contributed by atoms with Crippen LogP contribution in [0.15, 0.2) is 24.3 Å². The number of nitrogens with zero attached hydrogens (tertiary/aromatic N) is 3. The first-order valence-corrected chi connectivity index (χ1v) is 9.84. The van der Waals surface area contributed by atoms with Gasteiger partial charge in [-0.3, -0.25) is 4.79 Å². The van der Waals surface area contributed by atoms with Gasteiger partial charge >= 0.3 is 5.97 Å². The molecule has 27 heavy (non-hydrogen) atoms. The fraction of sp³-hybridized carbons (Fsp3) is 0.421. The molecule has 0 unspecified atom stereocenters. The molecular weight excluding hydrogens is 389 g/mol. The fourth-order valence-electron chi connectivity index (χ4n) is 3.17. The van der Waals surface area contributed by atoms with Gasteiger partial charge in [-0.05, 0) is 37.6 Å². The first-order chi connectivity index (χ1) is 13.0. The van der Waals surface area contributed by atoms with Crippen molar-refractivity contribution in [3.8, 4) is 5.69 Å². The van der Waals surface area contributed by atoms with Crippen molar-refractivity contribution in [1.82, 2.24) is 14.7 Å². The van der Waals surface area contributed by atoms with Gasteiger partial charge in [0.2, 0.25) is 5.91 Å². The summed E-state index contributed by atoms with van der Waals surface area (Å²) in [5.74, 6) is 0.0137. The smallest absolute Gasteiger partial charge is 0.359 e. The van der Waals surface area contributed by atoms with Gasteiger partial charge in [-0.15, -0.1) is 11.6 Å². The molecule has 0 spiro atoms. The Kier molecular flexibility index (Phi) is 6.39. The summed E-state index contributed by atoms with van der Waals surface area (Å²) >= 11 is 11.7. The van der Waals surface area contributed by atoms with Crippen molar-refractivity contribution in [2.75, 3.05) is 19.0 Å². The van der Waals surface area contributed by atoms with Crippen molar-refractivity contribution in [1.29, 1.82) is 0 Å². The maximum Gasteiger partial charge on any atom is 0.359 e. The number of alkyl halides is 1. The Morgan fingerprint density at radius 1 is 1.26 bits per heavy atom. The van der Waals surface area contributed by atoms with Crippen molar-refractivity contribution in [2.24, 2.45) is 0 Å². The molecule has 1 aromatic heterocycles. The molecule has 0 saturated heterocycles. The number of hydrogen-bond acceptors (Lipinski definition) is 4. The van der Waals surface area contributed by atoms with Crippen molar-refractivity contribution < 1.29 is 14.3 Å². The Balaban J connectivity index is 1.97. The lowest BCUT2D eigenvalue weighted by molar-refractivity contribution is -0.132. The van der Waals surface area contributed by atoms with E-state index in [4.69, 9.17) is 27.9 Å². The average molecular weight is 410 g/mol. The molecule has 0 fully saturated rings. The third-order valence-electron chi connectivity index (χ3n) is 4.47. The zero-order valence-corrected chi connectivity index (χ0v) is 16.6. The van der Waals surface area contributed by atoms with Gasteiger partial charge in [0, 0.05) is 42.4 Å². The molecule has 2 aromatic rings. The van der Waals surface area contributed by atoms with E-state index in [1.165, 1.54) is 0 Å². The molecule has 8 heteroatoms. The molecule has 0 bridgehead atoms. The number of hydrogen-bond donors (Lipinski definition) is 0. The van der Waals surface area contributed by atoms with Crippen molar-refractivity contribution in [3.05, 3.63) is 46.2 Å². The van der Waals surface area contributed by atoms with Crippen molar-refractivity contribution >= 4 is 35.1 Å². The van der Waals surface area contributed by atoms with Gasteiger partial charge in [0.25, 0.3) is 0 Å². The van der Waals surface area contributed by atoms with Crippen LogP contribution in [-0.4, -0.2) is 45.6 Å². The van der Waals surface area contributed by atoms with Crippen LogP contribution in [0.3, 0.4) is 0 Å². The maximum atomic E-state index is 12.4. The predicted octanol–water partition coefficient (Wildman–Crippen LogP) is 3.61. The molecule has 1 amide bonds. The first kappa shape index (κ1) is 19.7. The van der Waals surface area contributed by atoms with Gasteiger partial charge < -0.3 is 9.64 Å². The van der Waals surface area contributed by atoms with Crippen LogP contribution >= 0.6 is 23.2 Å². The topological polar surface area (TPSA) is 64.4 Å². The SMILES string of the molecule is CCOC(=O)c1nn(-c2ccc(Cl)cc2)c2c1CN(C(=O)CCCCl)CC2. The van der Waals surface area contributed by atoms with E-state index in [0.717, 1.165) is 16.9 Å². The second-order valence-corrected chi connectivity index (χ2v) is 7.05. The number of benzene rings is 1. The number of fused-ring (bicyclic) bond motifs is 1. The average Bonchev–Trinajstić information content (AvgIpc) is 3.06. The first-order valence-electron chi connectivity index (χ1n) is 8.92. The molecule has 1 aromatic carbocycles. The number of aromatic nitrogens is 2. The van der Waals surface area contributed by atoms with Crippen molar-refractivity contribution in [3.63, 3.8) is 0 Å². The van der Waals surface area contributed by atoms with Gasteiger partial charge in [0.05, 0.1) is 18.0 Å². The molecule has 0 atom stereocenters. The van der Waals surface area contributed by atoms with Gasteiger partial charge in [-0.2, -0.15) is 5.10 Å². The number of ether oxygens (including phenoxy) is 1. The lowest BCUT2D eigenvalue weighted by Gasteiger charge is -2.28. The highest BCUT2D eigenvalue weighted by Crippen LogP contribution is 2.27. The maximum absolute atomic E-state index is 12.4. The number of amides is 1. The molecule has 0 aliphatic carbocycles. The Morgan fingerprint density at radius 3 is 2.67 bits per heavy atom. The monoisotopic (exact) mass is 409 g/mol.